The summed E-state index contributed by atoms with van der Waals surface area (Å²) in [7, 11) is -11.8. The molecule has 114 valence electrons. The maximum atomic E-state index is 11.6. The van der Waals surface area contributed by atoms with Crippen LogP contribution in [0.3, 0.4) is 0 Å². The first-order valence-electron chi connectivity index (χ1n) is 4.81. The molecule has 0 aromatic heterocycles. The Morgan fingerprint density at radius 1 is 1.15 bits per heavy atom. The second kappa shape index (κ2) is 5.60. The average Bonchev–Trinajstić information content (AvgIpc) is 2.09. The molecule has 0 fully saturated rings. The number of sulfonamides is 2. The molecule has 8 nitrogen and oxygen atoms in total. The van der Waals surface area contributed by atoms with Gasteiger partial charge in [0, 0.05) is 16.4 Å². The van der Waals surface area contributed by atoms with Crippen LogP contribution in [-0.4, -0.2) is 36.6 Å². The highest BCUT2D eigenvalue weighted by Gasteiger charge is 2.19. The number of hydrogen-bond acceptors (Lipinski definition) is 6. The van der Waals surface area contributed by atoms with Gasteiger partial charge >= 0.3 is 0 Å². The van der Waals surface area contributed by atoms with Crippen molar-refractivity contribution in [3.8, 4) is 0 Å². The van der Waals surface area contributed by atoms with Crippen LogP contribution in [0.4, 0.5) is 5.69 Å². The highest BCUT2D eigenvalue weighted by molar-refractivity contribution is 9.10. The van der Waals surface area contributed by atoms with Crippen molar-refractivity contribution in [3.05, 3.63) is 22.7 Å². The molecule has 0 heterocycles. The molecule has 1 aromatic carbocycles. The SMILES string of the molecule is CS(=O)(=O)CS(=O)(=O)Nc1ccc(S(N)(=O)=O)c(Br)c1. The van der Waals surface area contributed by atoms with Gasteiger partial charge in [-0.3, -0.25) is 4.72 Å². The van der Waals surface area contributed by atoms with Gasteiger partial charge < -0.3 is 0 Å². The van der Waals surface area contributed by atoms with Crippen LogP contribution in [0.5, 0.6) is 0 Å². The Morgan fingerprint density at radius 3 is 2.10 bits per heavy atom. The number of nitrogens with two attached hydrogens (primary N) is 1. The minimum Gasteiger partial charge on any atom is -0.283 e. The first-order chi connectivity index (χ1) is 8.80. The minimum atomic E-state index is -4.10. The molecule has 3 N–H and O–H groups in total. The van der Waals surface area contributed by atoms with Crippen LogP contribution in [0, 0.1) is 0 Å². The smallest absolute Gasteiger partial charge is 0.247 e. The van der Waals surface area contributed by atoms with Crippen molar-refractivity contribution in [1.82, 2.24) is 0 Å². The zero-order chi connectivity index (χ0) is 15.8. The number of sulfone groups is 1. The normalized spacial score (nSPS) is 13.2. The van der Waals surface area contributed by atoms with E-state index in [1.807, 2.05) is 4.72 Å². The number of halogens is 1. The van der Waals surface area contributed by atoms with Crippen molar-refractivity contribution in [2.45, 2.75) is 4.90 Å². The van der Waals surface area contributed by atoms with Gasteiger partial charge in [0.05, 0.1) is 4.90 Å². The maximum absolute atomic E-state index is 11.6. The molecule has 0 unspecified atom stereocenters. The van der Waals surface area contributed by atoms with E-state index in [9.17, 15) is 25.3 Å². The second-order valence-electron chi connectivity index (χ2n) is 3.95. The van der Waals surface area contributed by atoms with E-state index >= 15 is 0 Å². The summed E-state index contributed by atoms with van der Waals surface area (Å²) in [5.74, 6) is 0. The Morgan fingerprint density at radius 2 is 1.70 bits per heavy atom. The molecule has 0 radical (unpaired) electrons. The molecule has 12 heteroatoms. The van der Waals surface area contributed by atoms with E-state index in [0.717, 1.165) is 18.4 Å². The van der Waals surface area contributed by atoms with Crippen molar-refractivity contribution in [2.24, 2.45) is 5.14 Å². The van der Waals surface area contributed by atoms with Crippen LogP contribution in [0.15, 0.2) is 27.6 Å². The summed E-state index contributed by atoms with van der Waals surface area (Å²) in [4.78, 5) is -0.219. The molecule has 1 aromatic rings. The average molecular weight is 407 g/mol. The number of hydrogen-bond donors (Lipinski definition) is 2. The fourth-order valence-electron chi connectivity index (χ4n) is 1.29. The lowest BCUT2D eigenvalue weighted by atomic mass is 10.3. The third-order valence-corrected chi connectivity index (χ3v) is 7.27. The van der Waals surface area contributed by atoms with E-state index in [0.29, 0.717) is 0 Å². The van der Waals surface area contributed by atoms with Gasteiger partial charge in [-0.15, -0.1) is 0 Å². The van der Waals surface area contributed by atoms with E-state index in [1.54, 1.807) is 0 Å². The second-order valence-corrected chi connectivity index (χ2v) is 10.6. The lowest BCUT2D eigenvalue weighted by molar-refractivity contribution is 0.593. The van der Waals surface area contributed by atoms with Gasteiger partial charge in [-0.1, -0.05) is 0 Å². The molecule has 0 bridgehead atoms. The quantitative estimate of drug-likeness (QED) is 0.695. The highest BCUT2D eigenvalue weighted by atomic mass is 79.9. The summed E-state index contributed by atoms with van der Waals surface area (Å²) < 4.78 is 69.5. The standard InChI is InChI=1S/C8H11BrN2O6S3/c1-18(12,13)5-19(14,15)11-6-2-3-8(7(9)4-6)20(10,16)17/h2-4,11H,5H2,1H3,(H2,10,16,17). The predicted molar refractivity (Wildman–Crippen MR) is 77.8 cm³/mol. The Labute approximate surface area is 125 Å². The molecular weight excluding hydrogens is 396 g/mol. The lowest BCUT2D eigenvalue weighted by Gasteiger charge is -2.09. The van der Waals surface area contributed by atoms with E-state index in [4.69, 9.17) is 5.14 Å². The monoisotopic (exact) mass is 406 g/mol. The van der Waals surface area contributed by atoms with Gasteiger partial charge in [-0.2, -0.15) is 0 Å². The molecule has 0 saturated carbocycles. The topological polar surface area (TPSA) is 140 Å². The Kier molecular flexibility index (Phi) is 4.86. The van der Waals surface area contributed by atoms with Crippen molar-refractivity contribution in [1.29, 1.82) is 0 Å². The van der Waals surface area contributed by atoms with Crippen LogP contribution in [0.1, 0.15) is 0 Å². The molecule has 0 amide bonds. The zero-order valence-corrected chi connectivity index (χ0v) is 14.1. The summed E-state index contributed by atoms with van der Waals surface area (Å²) in [5.41, 5.74) is 0.00734. The molecular formula is C8H11BrN2O6S3. The Bertz CT molecular complexity index is 829. The van der Waals surface area contributed by atoms with Gasteiger partial charge in [0.25, 0.3) is 0 Å². The maximum Gasteiger partial charge on any atom is 0.247 e. The molecule has 20 heavy (non-hydrogen) atoms. The zero-order valence-electron chi connectivity index (χ0n) is 10.1. The highest BCUT2D eigenvalue weighted by Crippen LogP contribution is 2.25. The van der Waals surface area contributed by atoms with E-state index < -0.39 is 35.0 Å². The van der Waals surface area contributed by atoms with E-state index in [-0.39, 0.29) is 15.1 Å². The molecule has 0 spiro atoms. The summed E-state index contributed by atoms with van der Waals surface area (Å²) in [6.07, 6.45) is 0.784. The molecule has 0 aliphatic heterocycles. The van der Waals surface area contributed by atoms with Gasteiger partial charge in [-0.05, 0) is 34.1 Å². The third kappa shape index (κ3) is 5.36. The van der Waals surface area contributed by atoms with Gasteiger partial charge in [-0.25, -0.2) is 30.4 Å². The van der Waals surface area contributed by atoms with Crippen LogP contribution >= 0.6 is 15.9 Å². The molecule has 0 atom stereocenters. The van der Waals surface area contributed by atoms with Crippen molar-refractivity contribution in [3.63, 3.8) is 0 Å². The Balaban J connectivity index is 3.11. The first kappa shape index (κ1) is 17.4. The molecule has 0 aliphatic rings. The van der Waals surface area contributed by atoms with E-state index in [2.05, 4.69) is 15.9 Å². The Hall–Kier alpha value is -0.690. The van der Waals surface area contributed by atoms with Crippen LogP contribution in [0.25, 0.3) is 0 Å². The fourth-order valence-corrected chi connectivity index (χ4v) is 5.91. The fraction of sp³-hybridized carbons (Fsp3) is 0.250. The number of primary sulfonamides is 1. The summed E-state index contributed by atoms with van der Waals surface area (Å²) in [6.45, 7) is 0. The minimum absolute atomic E-state index is 0.00734. The number of benzene rings is 1. The van der Waals surface area contributed by atoms with Crippen molar-refractivity contribution in [2.75, 3.05) is 16.1 Å². The van der Waals surface area contributed by atoms with Gasteiger partial charge in [0.1, 0.15) is 0 Å². The van der Waals surface area contributed by atoms with E-state index in [1.165, 1.54) is 6.07 Å². The number of nitrogens with one attached hydrogen (secondary N) is 1. The predicted octanol–water partition coefficient (Wildman–Crippen LogP) is -0.160. The first-order valence-corrected chi connectivity index (χ1v) is 10.9. The number of rotatable bonds is 5. The summed E-state index contributed by atoms with van der Waals surface area (Å²) in [5, 5.41) is 3.87. The van der Waals surface area contributed by atoms with Gasteiger partial charge in [0.15, 0.2) is 14.9 Å². The summed E-state index contributed by atoms with van der Waals surface area (Å²) in [6, 6.07) is 3.42. The lowest BCUT2D eigenvalue weighted by Crippen LogP contribution is -2.22. The molecule has 1 rings (SSSR count). The third-order valence-electron chi connectivity index (χ3n) is 1.88. The van der Waals surface area contributed by atoms with Crippen molar-refractivity contribution >= 4 is 51.5 Å². The largest absolute Gasteiger partial charge is 0.283 e. The molecule has 0 saturated heterocycles. The van der Waals surface area contributed by atoms with Crippen molar-refractivity contribution < 1.29 is 25.3 Å². The summed E-state index contributed by atoms with van der Waals surface area (Å²) >= 11 is 2.94. The van der Waals surface area contributed by atoms with Gasteiger partial charge in [0.2, 0.25) is 20.0 Å². The number of anilines is 1. The molecule has 0 aliphatic carbocycles. The van der Waals surface area contributed by atoms with Crippen LogP contribution < -0.4 is 9.86 Å². The van der Waals surface area contributed by atoms with Crippen LogP contribution in [0.2, 0.25) is 0 Å². The van der Waals surface area contributed by atoms with Crippen LogP contribution in [-0.2, 0) is 29.9 Å².